The summed E-state index contributed by atoms with van der Waals surface area (Å²) in [6.07, 6.45) is 0. The van der Waals surface area contributed by atoms with Crippen LogP contribution in [0, 0.1) is 5.82 Å². The number of rotatable bonds is 1. The lowest BCUT2D eigenvalue weighted by atomic mass is 10.2. The third-order valence-electron chi connectivity index (χ3n) is 1.20. The predicted octanol–water partition coefficient (Wildman–Crippen LogP) is 3.51. The van der Waals surface area contributed by atoms with Gasteiger partial charge in [0.2, 0.25) is 0 Å². The van der Waals surface area contributed by atoms with Crippen molar-refractivity contribution in [3.05, 3.63) is 33.6 Å². The molecule has 0 radical (unpaired) electrons. The zero-order valence-electron chi connectivity index (χ0n) is 5.57. The molecule has 1 nitrogen and oxygen atoms in total. The minimum atomic E-state index is -0.832. The molecular weight excluding hydrogens is 225 g/mol. The Morgan fingerprint density at radius 2 is 1.92 bits per heavy atom. The summed E-state index contributed by atoms with van der Waals surface area (Å²) in [6, 6.07) is 1.94. The van der Waals surface area contributed by atoms with E-state index in [0.717, 1.165) is 12.1 Å². The highest BCUT2D eigenvalue weighted by molar-refractivity contribution is 6.69. The maximum Gasteiger partial charge on any atom is 0.254 e. The minimum absolute atomic E-state index is 0.0272. The molecule has 0 N–H and O–H groups in total. The van der Waals surface area contributed by atoms with Crippen LogP contribution in [0.1, 0.15) is 10.4 Å². The Hall–Kier alpha value is -0.310. The number of benzene rings is 1. The van der Waals surface area contributed by atoms with Crippen molar-refractivity contribution in [2.24, 2.45) is 0 Å². The minimum Gasteiger partial charge on any atom is -0.276 e. The van der Waals surface area contributed by atoms with E-state index in [1.165, 1.54) is 0 Å². The van der Waals surface area contributed by atoms with Gasteiger partial charge in [-0.1, -0.05) is 23.2 Å². The smallest absolute Gasteiger partial charge is 0.254 e. The fraction of sp³-hybridized carbons (Fsp3) is 0. The molecule has 0 unspecified atom stereocenters. The lowest BCUT2D eigenvalue weighted by Gasteiger charge is -2.00. The maximum absolute atomic E-state index is 12.6. The Balaban J connectivity index is 3.37. The van der Waals surface area contributed by atoms with Crippen LogP contribution in [0.25, 0.3) is 0 Å². The van der Waals surface area contributed by atoms with Crippen molar-refractivity contribution in [3.63, 3.8) is 0 Å². The molecule has 5 heteroatoms. The summed E-state index contributed by atoms with van der Waals surface area (Å²) in [5.74, 6) is -0.645. The molecular formula is C7H2Cl3FO. The van der Waals surface area contributed by atoms with Gasteiger partial charge in [-0.25, -0.2) is 4.39 Å². The van der Waals surface area contributed by atoms with Crippen molar-refractivity contribution in [3.8, 4) is 0 Å². The quantitative estimate of drug-likeness (QED) is 0.530. The highest BCUT2D eigenvalue weighted by Crippen LogP contribution is 2.27. The van der Waals surface area contributed by atoms with Crippen molar-refractivity contribution in [2.45, 2.75) is 0 Å². The monoisotopic (exact) mass is 226 g/mol. The number of hydrogen-bond donors (Lipinski definition) is 0. The van der Waals surface area contributed by atoms with Crippen LogP contribution >= 0.6 is 34.8 Å². The van der Waals surface area contributed by atoms with Gasteiger partial charge in [-0.2, -0.15) is 0 Å². The zero-order valence-corrected chi connectivity index (χ0v) is 7.84. The molecule has 0 saturated heterocycles. The second-order valence-electron chi connectivity index (χ2n) is 2.02. The topological polar surface area (TPSA) is 17.1 Å². The molecule has 0 fully saturated rings. The number of halogens is 4. The van der Waals surface area contributed by atoms with Crippen molar-refractivity contribution < 1.29 is 9.18 Å². The van der Waals surface area contributed by atoms with Gasteiger partial charge in [0.1, 0.15) is 5.82 Å². The first-order valence-corrected chi connectivity index (χ1v) is 4.00. The SMILES string of the molecule is O=C(Cl)c1cc(F)cc(Cl)c1Cl. The molecule has 0 atom stereocenters. The second kappa shape index (κ2) is 3.60. The molecule has 0 aliphatic heterocycles. The average molecular weight is 227 g/mol. The Morgan fingerprint density at radius 3 is 2.42 bits per heavy atom. The molecule has 0 bridgehead atoms. The van der Waals surface area contributed by atoms with Gasteiger partial charge in [-0.3, -0.25) is 4.79 Å². The van der Waals surface area contributed by atoms with Gasteiger partial charge in [-0.15, -0.1) is 0 Å². The largest absolute Gasteiger partial charge is 0.276 e. The van der Waals surface area contributed by atoms with Gasteiger partial charge in [-0.05, 0) is 23.7 Å². The summed E-state index contributed by atoms with van der Waals surface area (Å²) in [5, 5.41) is -0.889. The van der Waals surface area contributed by atoms with E-state index in [0.29, 0.717) is 0 Å². The molecule has 1 aromatic carbocycles. The predicted molar refractivity (Wildman–Crippen MR) is 46.6 cm³/mol. The van der Waals surface area contributed by atoms with E-state index >= 15 is 0 Å². The highest BCUT2D eigenvalue weighted by atomic mass is 35.5. The zero-order chi connectivity index (χ0) is 9.30. The summed E-state index contributed by atoms with van der Waals surface area (Å²) in [7, 11) is 0. The van der Waals surface area contributed by atoms with E-state index in [1.54, 1.807) is 0 Å². The summed E-state index contributed by atoms with van der Waals surface area (Å²) < 4.78 is 12.6. The van der Waals surface area contributed by atoms with Gasteiger partial charge < -0.3 is 0 Å². The van der Waals surface area contributed by atoms with E-state index in [9.17, 15) is 9.18 Å². The molecule has 1 aromatic rings. The van der Waals surface area contributed by atoms with Crippen LogP contribution in [-0.4, -0.2) is 5.24 Å². The molecule has 0 aliphatic carbocycles. The van der Waals surface area contributed by atoms with Crippen LogP contribution in [0.2, 0.25) is 10.0 Å². The third-order valence-corrected chi connectivity index (χ3v) is 2.21. The first-order chi connectivity index (χ1) is 5.52. The van der Waals surface area contributed by atoms with Crippen LogP contribution in [0.4, 0.5) is 4.39 Å². The Morgan fingerprint density at radius 1 is 1.33 bits per heavy atom. The van der Waals surface area contributed by atoms with Crippen LogP contribution in [0.3, 0.4) is 0 Å². The van der Waals surface area contributed by atoms with Crippen LogP contribution < -0.4 is 0 Å². The summed E-state index contributed by atoms with van der Waals surface area (Å²) >= 11 is 16.1. The molecule has 0 heterocycles. The summed E-state index contributed by atoms with van der Waals surface area (Å²) in [6.45, 7) is 0. The van der Waals surface area contributed by atoms with Crippen LogP contribution in [0.15, 0.2) is 12.1 Å². The Bertz CT molecular complexity index is 338. The van der Waals surface area contributed by atoms with Gasteiger partial charge in [0.15, 0.2) is 0 Å². The van der Waals surface area contributed by atoms with Crippen molar-refractivity contribution >= 4 is 40.0 Å². The summed E-state index contributed by atoms with van der Waals surface area (Å²) in [4.78, 5) is 10.6. The fourth-order valence-corrected chi connectivity index (χ4v) is 1.30. The van der Waals surface area contributed by atoms with E-state index in [-0.39, 0.29) is 15.6 Å². The normalized spacial score (nSPS) is 10.0. The van der Waals surface area contributed by atoms with Gasteiger partial charge in [0, 0.05) is 0 Å². The first-order valence-electron chi connectivity index (χ1n) is 2.86. The number of carbonyl (C=O) groups excluding carboxylic acids is 1. The van der Waals surface area contributed by atoms with Crippen LogP contribution in [-0.2, 0) is 0 Å². The van der Waals surface area contributed by atoms with Crippen LogP contribution in [0.5, 0.6) is 0 Å². The Labute approximate surface area is 83.0 Å². The Kier molecular flexibility index (Phi) is 2.94. The molecule has 0 aromatic heterocycles. The van der Waals surface area contributed by atoms with Crippen molar-refractivity contribution in [2.75, 3.05) is 0 Å². The summed E-state index contributed by atoms with van der Waals surface area (Å²) in [5.41, 5.74) is -0.122. The second-order valence-corrected chi connectivity index (χ2v) is 3.15. The van der Waals surface area contributed by atoms with Gasteiger partial charge >= 0.3 is 0 Å². The van der Waals surface area contributed by atoms with Crippen molar-refractivity contribution in [1.82, 2.24) is 0 Å². The lowest BCUT2D eigenvalue weighted by molar-refractivity contribution is 0.108. The van der Waals surface area contributed by atoms with E-state index in [2.05, 4.69) is 0 Å². The standard InChI is InChI=1S/C7H2Cl3FO/c8-5-2-3(11)1-4(6(5)9)7(10)12/h1-2H. The molecule has 0 amide bonds. The first kappa shape index (κ1) is 9.78. The average Bonchev–Trinajstić information content (AvgIpc) is 1.96. The van der Waals surface area contributed by atoms with Gasteiger partial charge in [0.25, 0.3) is 5.24 Å². The molecule has 0 saturated carbocycles. The number of carbonyl (C=O) groups is 1. The number of hydrogen-bond acceptors (Lipinski definition) is 1. The van der Waals surface area contributed by atoms with Gasteiger partial charge in [0.05, 0.1) is 15.6 Å². The molecule has 64 valence electrons. The third kappa shape index (κ3) is 1.89. The van der Waals surface area contributed by atoms with Crippen molar-refractivity contribution in [1.29, 1.82) is 0 Å². The molecule has 0 spiro atoms. The van der Waals surface area contributed by atoms with E-state index in [4.69, 9.17) is 34.8 Å². The lowest BCUT2D eigenvalue weighted by Crippen LogP contribution is -1.92. The highest BCUT2D eigenvalue weighted by Gasteiger charge is 2.12. The van der Waals surface area contributed by atoms with E-state index < -0.39 is 11.1 Å². The fourth-order valence-electron chi connectivity index (χ4n) is 0.699. The molecule has 1 rings (SSSR count). The van der Waals surface area contributed by atoms with E-state index in [1.807, 2.05) is 0 Å². The maximum atomic E-state index is 12.6. The molecule has 12 heavy (non-hydrogen) atoms. The molecule has 0 aliphatic rings.